The SMILES string of the molecule is COC(=O)c1ccc(CN(C)c2ccccc2F)nc1. The Morgan fingerprint density at radius 1 is 1.30 bits per heavy atom. The third kappa shape index (κ3) is 3.12. The Balaban J connectivity index is 2.10. The van der Waals surface area contributed by atoms with E-state index in [1.54, 1.807) is 42.3 Å². The van der Waals surface area contributed by atoms with Crippen molar-refractivity contribution in [3.8, 4) is 0 Å². The van der Waals surface area contributed by atoms with Gasteiger partial charge in [0.25, 0.3) is 0 Å². The van der Waals surface area contributed by atoms with E-state index in [9.17, 15) is 9.18 Å². The molecule has 4 nitrogen and oxygen atoms in total. The van der Waals surface area contributed by atoms with Gasteiger partial charge in [-0.25, -0.2) is 9.18 Å². The number of pyridine rings is 1. The molecule has 0 aliphatic rings. The van der Waals surface area contributed by atoms with E-state index in [1.165, 1.54) is 19.4 Å². The van der Waals surface area contributed by atoms with Crippen LogP contribution in [0.15, 0.2) is 42.6 Å². The van der Waals surface area contributed by atoms with E-state index in [4.69, 9.17) is 0 Å². The molecule has 0 fully saturated rings. The van der Waals surface area contributed by atoms with Gasteiger partial charge in [-0.3, -0.25) is 4.98 Å². The molecule has 0 N–H and O–H groups in total. The van der Waals surface area contributed by atoms with Crippen LogP contribution in [0.2, 0.25) is 0 Å². The maximum atomic E-state index is 13.6. The van der Waals surface area contributed by atoms with Gasteiger partial charge in [-0.1, -0.05) is 12.1 Å². The summed E-state index contributed by atoms with van der Waals surface area (Å²) in [5.41, 5.74) is 1.64. The van der Waals surface area contributed by atoms with E-state index in [0.29, 0.717) is 17.8 Å². The van der Waals surface area contributed by atoms with Gasteiger partial charge in [0.1, 0.15) is 5.82 Å². The highest BCUT2D eigenvalue weighted by Gasteiger charge is 2.09. The van der Waals surface area contributed by atoms with Gasteiger partial charge >= 0.3 is 5.97 Å². The molecule has 20 heavy (non-hydrogen) atoms. The van der Waals surface area contributed by atoms with Crippen molar-refractivity contribution in [3.63, 3.8) is 0 Å². The van der Waals surface area contributed by atoms with Gasteiger partial charge < -0.3 is 9.64 Å². The van der Waals surface area contributed by atoms with Gasteiger partial charge in [0.15, 0.2) is 0 Å². The largest absolute Gasteiger partial charge is 0.465 e. The van der Waals surface area contributed by atoms with Gasteiger partial charge in [-0.2, -0.15) is 0 Å². The number of hydrogen-bond donors (Lipinski definition) is 0. The number of carbonyl (C=O) groups excluding carboxylic acids is 1. The molecule has 0 amide bonds. The molecular weight excluding hydrogens is 259 g/mol. The molecule has 2 aromatic rings. The van der Waals surface area contributed by atoms with E-state index in [1.807, 2.05) is 0 Å². The van der Waals surface area contributed by atoms with Crippen molar-refractivity contribution < 1.29 is 13.9 Å². The summed E-state index contributed by atoms with van der Waals surface area (Å²) in [6.07, 6.45) is 1.45. The number of methoxy groups -OCH3 is 1. The number of halogens is 1. The molecule has 0 aliphatic heterocycles. The molecule has 0 atom stereocenters. The molecule has 1 heterocycles. The number of esters is 1. The number of rotatable bonds is 4. The summed E-state index contributed by atoms with van der Waals surface area (Å²) in [6.45, 7) is 0.447. The van der Waals surface area contributed by atoms with Crippen molar-refractivity contribution in [2.75, 3.05) is 19.1 Å². The van der Waals surface area contributed by atoms with E-state index < -0.39 is 5.97 Å². The number of aromatic nitrogens is 1. The fourth-order valence-electron chi connectivity index (χ4n) is 1.85. The van der Waals surface area contributed by atoms with Crippen LogP contribution >= 0.6 is 0 Å². The van der Waals surface area contributed by atoms with Gasteiger partial charge in [-0.05, 0) is 24.3 Å². The molecule has 0 unspecified atom stereocenters. The minimum absolute atomic E-state index is 0.277. The fraction of sp³-hybridized carbons (Fsp3) is 0.200. The lowest BCUT2D eigenvalue weighted by Crippen LogP contribution is -2.18. The number of benzene rings is 1. The molecule has 0 radical (unpaired) electrons. The third-order valence-electron chi connectivity index (χ3n) is 2.91. The average molecular weight is 274 g/mol. The Labute approximate surface area is 116 Å². The Hall–Kier alpha value is -2.43. The molecule has 0 saturated heterocycles. The predicted octanol–water partition coefficient (Wildman–Crippen LogP) is 2.64. The minimum atomic E-state index is -0.425. The van der Waals surface area contributed by atoms with Crippen molar-refractivity contribution in [1.29, 1.82) is 0 Å². The Morgan fingerprint density at radius 3 is 2.65 bits per heavy atom. The summed E-state index contributed by atoms with van der Waals surface area (Å²) < 4.78 is 18.2. The maximum absolute atomic E-state index is 13.6. The lowest BCUT2D eigenvalue weighted by molar-refractivity contribution is 0.0600. The molecular formula is C15H15FN2O2. The van der Waals surface area contributed by atoms with Crippen molar-refractivity contribution in [2.24, 2.45) is 0 Å². The molecule has 0 aliphatic carbocycles. The molecule has 0 saturated carbocycles. The van der Waals surface area contributed by atoms with Crippen LogP contribution in [0.4, 0.5) is 10.1 Å². The topological polar surface area (TPSA) is 42.4 Å². The van der Waals surface area contributed by atoms with Crippen LogP contribution in [-0.4, -0.2) is 25.1 Å². The second-order valence-electron chi connectivity index (χ2n) is 4.34. The van der Waals surface area contributed by atoms with Gasteiger partial charge in [0.05, 0.1) is 30.6 Å². The highest BCUT2D eigenvalue weighted by atomic mass is 19.1. The lowest BCUT2D eigenvalue weighted by Gasteiger charge is -2.19. The molecule has 5 heteroatoms. The predicted molar refractivity (Wildman–Crippen MR) is 74.1 cm³/mol. The maximum Gasteiger partial charge on any atom is 0.339 e. The molecule has 0 spiro atoms. The quantitative estimate of drug-likeness (QED) is 0.804. The minimum Gasteiger partial charge on any atom is -0.465 e. The highest BCUT2D eigenvalue weighted by Crippen LogP contribution is 2.18. The normalized spacial score (nSPS) is 10.2. The second kappa shape index (κ2) is 6.14. The second-order valence-corrected chi connectivity index (χ2v) is 4.34. The van der Waals surface area contributed by atoms with Crippen molar-refractivity contribution in [1.82, 2.24) is 4.98 Å². The molecule has 1 aromatic carbocycles. The van der Waals surface area contributed by atoms with E-state index >= 15 is 0 Å². The number of hydrogen-bond acceptors (Lipinski definition) is 4. The van der Waals surface area contributed by atoms with Crippen LogP contribution in [-0.2, 0) is 11.3 Å². The lowest BCUT2D eigenvalue weighted by atomic mass is 10.2. The summed E-state index contributed by atoms with van der Waals surface area (Å²) in [5.74, 6) is -0.701. The zero-order valence-electron chi connectivity index (χ0n) is 11.3. The first kappa shape index (κ1) is 14.0. The van der Waals surface area contributed by atoms with E-state index in [0.717, 1.165) is 5.69 Å². The Kier molecular flexibility index (Phi) is 4.30. The number of ether oxygens (including phenoxy) is 1. The average Bonchev–Trinajstić information content (AvgIpc) is 2.47. The van der Waals surface area contributed by atoms with Crippen LogP contribution in [0.5, 0.6) is 0 Å². The van der Waals surface area contributed by atoms with Crippen LogP contribution in [0.25, 0.3) is 0 Å². The summed E-state index contributed by atoms with van der Waals surface area (Å²) in [4.78, 5) is 17.2. The monoisotopic (exact) mass is 274 g/mol. The standard InChI is InChI=1S/C15H15FN2O2/c1-18(14-6-4-3-5-13(14)16)10-12-8-7-11(9-17-12)15(19)20-2/h3-9H,10H2,1-2H3. The number of carbonyl (C=O) groups is 1. The van der Waals surface area contributed by atoms with E-state index in [2.05, 4.69) is 9.72 Å². The molecule has 104 valence electrons. The first-order valence-corrected chi connectivity index (χ1v) is 6.10. The van der Waals surface area contributed by atoms with E-state index in [-0.39, 0.29) is 5.82 Å². The summed E-state index contributed by atoms with van der Waals surface area (Å²) in [6, 6.07) is 9.92. The first-order chi connectivity index (χ1) is 9.61. The molecule has 1 aromatic heterocycles. The Bertz CT molecular complexity index is 599. The van der Waals surface area contributed by atoms with Gasteiger partial charge in [0, 0.05) is 13.2 Å². The summed E-state index contributed by atoms with van der Waals surface area (Å²) >= 11 is 0. The van der Waals surface area contributed by atoms with Crippen molar-refractivity contribution in [3.05, 3.63) is 59.7 Å². The summed E-state index contributed by atoms with van der Waals surface area (Å²) in [5, 5.41) is 0. The van der Waals surface area contributed by atoms with Crippen molar-refractivity contribution in [2.45, 2.75) is 6.54 Å². The zero-order valence-corrected chi connectivity index (χ0v) is 11.3. The van der Waals surface area contributed by atoms with Crippen molar-refractivity contribution >= 4 is 11.7 Å². The highest BCUT2D eigenvalue weighted by molar-refractivity contribution is 5.88. The van der Waals surface area contributed by atoms with Crippen LogP contribution in [0, 0.1) is 5.82 Å². The number of para-hydroxylation sites is 1. The summed E-state index contributed by atoms with van der Waals surface area (Å²) in [7, 11) is 3.11. The van der Waals surface area contributed by atoms with Gasteiger partial charge in [0.2, 0.25) is 0 Å². The zero-order chi connectivity index (χ0) is 14.5. The fourth-order valence-corrected chi connectivity index (χ4v) is 1.85. The van der Waals surface area contributed by atoms with Crippen LogP contribution < -0.4 is 4.90 Å². The van der Waals surface area contributed by atoms with Crippen LogP contribution in [0.1, 0.15) is 16.1 Å². The smallest absolute Gasteiger partial charge is 0.339 e. The van der Waals surface area contributed by atoms with Gasteiger partial charge in [-0.15, -0.1) is 0 Å². The number of anilines is 1. The number of nitrogens with zero attached hydrogens (tertiary/aromatic N) is 2. The molecule has 2 rings (SSSR count). The third-order valence-corrected chi connectivity index (χ3v) is 2.91. The Morgan fingerprint density at radius 2 is 2.05 bits per heavy atom. The first-order valence-electron chi connectivity index (χ1n) is 6.10. The molecule has 0 bridgehead atoms. The van der Waals surface area contributed by atoms with Crippen LogP contribution in [0.3, 0.4) is 0 Å².